The highest BCUT2D eigenvalue weighted by Gasteiger charge is 2.21. The number of carbonyl (C=O) groups is 1. The Morgan fingerprint density at radius 3 is 2.67 bits per heavy atom. The molecule has 1 amide bonds. The number of aryl methyl sites for hydroxylation is 3. The van der Waals surface area contributed by atoms with Crippen molar-refractivity contribution in [3.63, 3.8) is 0 Å². The van der Waals surface area contributed by atoms with Crippen molar-refractivity contribution >= 4 is 11.6 Å². The van der Waals surface area contributed by atoms with E-state index >= 15 is 0 Å². The summed E-state index contributed by atoms with van der Waals surface area (Å²) in [6, 6.07) is 3.86. The number of carbonyl (C=O) groups excluding carboxylic acids is 1. The fourth-order valence-electron chi connectivity index (χ4n) is 2.05. The minimum absolute atomic E-state index is 0.0268. The number of rotatable bonds is 2. The summed E-state index contributed by atoms with van der Waals surface area (Å²) < 4.78 is 5.29. The van der Waals surface area contributed by atoms with E-state index in [9.17, 15) is 4.79 Å². The van der Waals surface area contributed by atoms with E-state index in [0.29, 0.717) is 13.2 Å². The molecule has 4 heteroatoms. The number of ether oxygens (including phenoxy) is 1. The van der Waals surface area contributed by atoms with Gasteiger partial charge in [0.15, 0.2) is 0 Å². The molecule has 1 saturated heterocycles. The van der Waals surface area contributed by atoms with Gasteiger partial charge < -0.3 is 15.4 Å². The Labute approximate surface area is 108 Å². The van der Waals surface area contributed by atoms with Crippen LogP contribution in [0.5, 0.6) is 0 Å². The first kappa shape index (κ1) is 13.1. The summed E-state index contributed by atoms with van der Waals surface area (Å²) in [5, 5.41) is 6.11. The van der Waals surface area contributed by atoms with Gasteiger partial charge in [-0.2, -0.15) is 0 Å². The summed E-state index contributed by atoms with van der Waals surface area (Å²) in [6.45, 7) is 7.97. The molecule has 2 N–H and O–H groups in total. The maximum Gasteiger partial charge on any atom is 0.243 e. The Bertz CT molecular complexity index is 451. The van der Waals surface area contributed by atoms with Crippen molar-refractivity contribution in [3.05, 3.63) is 28.8 Å². The Morgan fingerprint density at radius 1 is 1.28 bits per heavy atom. The average Bonchev–Trinajstić information content (AvgIpc) is 2.37. The van der Waals surface area contributed by atoms with Gasteiger partial charge in [-0.1, -0.05) is 6.07 Å². The molecule has 2 rings (SSSR count). The molecule has 1 aromatic rings. The van der Waals surface area contributed by atoms with Crippen LogP contribution < -0.4 is 10.6 Å². The Hall–Kier alpha value is -1.39. The number of morpholine rings is 1. The van der Waals surface area contributed by atoms with Crippen molar-refractivity contribution in [2.45, 2.75) is 26.8 Å². The van der Waals surface area contributed by atoms with Crippen LogP contribution >= 0.6 is 0 Å². The van der Waals surface area contributed by atoms with Crippen molar-refractivity contribution in [1.82, 2.24) is 5.32 Å². The maximum atomic E-state index is 12.1. The van der Waals surface area contributed by atoms with E-state index < -0.39 is 0 Å². The van der Waals surface area contributed by atoms with Gasteiger partial charge in [0.2, 0.25) is 5.91 Å². The molecule has 1 fully saturated rings. The van der Waals surface area contributed by atoms with E-state index in [4.69, 9.17) is 4.74 Å². The van der Waals surface area contributed by atoms with Gasteiger partial charge in [0.05, 0.1) is 13.2 Å². The second kappa shape index (κ2) is 5.50. The van der Waals surface area contributed by atoms with Gasteiger partial charge in [-0.25, -0.2) is 0 Å². The number of nitrogens with one attached hydrogen (secondary N) is 2. The number of benzene rings is 1. The summed E-state index contributed by atoms with van der Waals surface area (Å²) >= 11 is 0. The van der Waals surface area contributed by atoms with Gasteiger partial charge in [-0.05, 0) is 43.5 Å². The van der Waals surface area contributed by atoms with E-state index in [1.54, 1.807) is 0 Å². The fourth-order valence-corrected chi connectivity index (χ4v) is 2.05. The third kappa shape index (κ3) is 2.89. The van der Waals surface area contributed by atoms with Crippen LogP contribution in [0, 0.1) is 20.8 Å². The lowest BCUT2D eigenvalue weighted by Crippen LogP contribution is -2.48. The summed E-state index contributed by atoms with van der Waals surface area (Å²) in [5.74, 6) is -0.0268. The first-order valence-electron chi connectivity index (χ1n) is 6.28. The molecule has 0 bridgehead atoms. The van der Waals surface area contributed by atoms with E-state index in [-0.39, 0.29) is 11.9 Å². The van der Waals surface area contributed by atoms with Crippen LogP contribution in [0.25, 0.3) is 0 Å². The van der Waals surface area contributed by atoms with Crippen LogP contribution in [-0.2, 0) is 9.53 Å². The van der Waals surface area contributed by atoms with Crippen molar-refractivity contribution in [1.29, 1.82) is 0 Å². The minimum Gasteiger partial charge on any atom is -0.378 e. The normalized spacial score (nSPS) is 19.6. The number of hydrogen-bond donors (Lipinski definition) is 2. The van der Waals surface area contributed by atoms with Crippen LogP contribution in [0.4, 0.5) is 5.69 Å². The highest BCUT2D eigenvalue weighted by molar-refractivity contribution is 5.95. The predicted molar refractivity (Wildman–Crippen MR) is 71.9 cm³/mol. The average molecular weight is 248 g/mol. The summed E-state index contributed by atoms with van der Waals surface area (Å²) in [7, 11) is 0. The lowest BCUT2D eigenvalue weighted by molar-refractivity contribution is -0.120. The maximum absolute atomic E-state index is 12.1. The zero-order valence-corrected chi connectivity index (χ0v) is 11.2. The van der Waals surface area contributed by atoms with Gasteiger partial charge >= 0.3 is 0 Å². The Kier molecular flexibility index (Phi) is 3.99. The van der Waals surface area contributed by atoms with E-state index in [1.807, 2.05) is 19.9 Å². The zero-order valence-electron chi connectivity index (χ0n) is 11.2. The molecule has 0 aromatic heterocycles. The lowest BCUT2D eigenvalue weighted by Gasteiger charge is -2.23. The van der Waals surface area contributed by atoms with Crippen molar-refractivity contribution < 1.29 is 9.53 Å². The molecule has 1 heterocycles. The first-order chi connectivity index (χ1) is 8.58. The Morgan fingerprint density at radius 2 is 2.00 bits per heavy atom. The molecule has 1 atom stereocenters. The van der Waals surface area contributed by atoms with E-state index in [2.05, 4.69) is 23.6 Å². The second-order valence-electron chi connectivity index (χ2n) is 4.82. The van der Waals surface area contributed by atoms with Gasteiger partial charge in [-0.15, -0.1) is 0 Å². The Balaban J connectivity index is 2.08. The summed E-state index contributed by atoms with van der Waals surface area (Å²) in [6.07, 6.45) is 0. The molecule has 18 heavy (non-hydrogen) atoms. The van der Waals surface area contributed by atoms with Gasteiger partial charge in [-0.3, -0.25) is 4.79 Å². The fraction of sp³-hybridized carbons (Fsp3) is 0.500. The van der Waals surface area contributed by atoms with E-state index in [0.717, 1.165) is 17.8 Å². The number of amides is 1. The molecule has 0 aliphatic carbocycles. The van der Waals surface area contributed by atoms with Gasteiger partial charge in [0.1, 0.15) is 6.04 Å². The molecule has 1 aliphatic rings. The van der Waals surface area contributed by atoms with Crippen LogP contribution in [0.15, 0.2) is 12.1 Å². The van der Waals surface area contributed by atoms with Crippen molar-refractivity contribution in [2.75, 3.05) is 25.1 Å². The van der Waals surface area contributed by atoms with Crippen LogP contribution in [0.2, 0.25) is 0 Å². The van der Waals surface area contributed by atoms with Crippen LogP contribution in [0.1, 0.15) is 16.7 Å². The molecule has 0 radical (unpaired) electrons. The van der Waals surface area contributed by atoms with Gasteiger partial charge in [0, 0.05) is 12.2 Å². The van der Waals surface area contributed by atoms with E-state index in [1.165, 1.54) is 11.1 Å². The molecule has 98 valence electrons. The number of anilines is 1. The topological polar surface area (TPSA) is 50.4 Å². The molecule has 1 aromatic carbocycles. The highest BCUT2D eigenvalue weighted by Crippen LogP contribution is 2.20. The van der Waals surface area contributed by atoms with Crippen molar-refractivity contribution in [3.8, 4) is 0 Å². The highest BCUT2D eigenvalue weighted by atomic mass is 16.5. The van der Waals surface area contributed by atoms with Crippen molar-refractivity contribution in [2.24, 2.45) is 0 Å². The SMILES string of the molecule is Cc1cc(C)c(NC(=O)C2COCCN2)cc1C. The molecule has 0 saturated carbocycles. The third-order valence-electron chi connectivity index (χ3n) is 3.34. The van der Waals surface area contributed by atoms with Crippen LogP contribution in [-0.4, -0.2) is 31.7 Å². The molecule has 1 aliphatic heterocycles. The largest absolute Gasteiger partial charge is 0.378 e. The molecule has 4 nitrogen and oxygen atoms in total. The summed E-state index contributed by atoms with van der Waals surface area (Å²) in [4.78, 5) is 12.1. The summed E-state index contributed by atoms with van der Waals surface area (Å²) in [5.41, 5.74) is 4.40. The zero-order chi connectivity index (χ0) is 13.1. The molecular weight excluding hydrogens is 228 g/mol. The smallest absolute Gasteiger partial charge is 0.243 e. The predicted octanol–water partition coefficient (Wildman–Crippen LogP) is 1.54. The number of hydrogen-bond acceptors (Lipinski definition) is 3. The molecule has 1 unspecified atom stereocenters. The molecule has 0 spiro atoms. The molecular formula is C14H20N2O2. The third-order valence-corrected chi connectivity index (χ3v) is 3.34. The standard InChI is InChI=1S/C14H20N2O2/c1-9-6-11(3)12(7-10(9)2)16-14(17)13-8-18-5-4-15-13/h6-7,13,15H,4-5,8H2,1-3H3,(H,16,17). The first-order valence-corrected chi connectivity index (χ1v) is 6.28. The quantitative estimate of drug-likeness (QED) is 0.834. The van der Waals surface area contributed by atoms with Crippen LogP contribution in [0.3, 0.4) is 0 Å². The van der Waals surface area contributed by atoms with Gasteiger partial charge in [0.25, 0.3) is 0 Å². The monoisotopic (exact) mass is 248 g/mol. The minimum atomic E-state index is -0.250. The lowest BCUT2D eigenvalue weighted by atomic mass is 10.0. The second-order valence-corrected chi connectivity index (χ2v) is 4.82.